The molecule has 4 heteroatoms. The summed E-state index contributed by atoms with van der Waals surface area (Å²) in [5.74, 6) is 0.745. The molecule has 0 saturated heterocycles. The molecule has 0 saturated carbocycles. The monoisotopic (exact) mass is 300 g/mol. The molecule has 0 amide bonds. The molecule has 0 atom stereocenters. The van der Waals surface area contributed by atoms with Crippen molar-refractivity contribution in [3.05, 3.63) is 22.3 Å². The number of hydrogen-bond acceptors (Lipinski definition) is 3. The van der Waals surface area contributed by atoms with Crippen LogP contribution in [-0.2, 0) is 6.54 Å². The first-order chi connectivity index (χ1) is 8.13. The summed E-state index contributed by atoms with van der Waals surface area (Å²) in [5, 5.41) is 3.38. The van der Waals surface area contributed by atoms with E-state index >= 15 is 0 Å². The number of aromatic nitrogens is 1. The average molecular weight is 301 g/mol. The van der Waals surface area contributed by atoms with Crippen molar-refractivity contribution < 1.29 is 4.74 Å². The van der Waals surface area contributed by atoms with Gasteiger partial charge in [-0.1, -0.05) is 27.2 Å². The Labute approximate surface area is 112 Å². The molecule has 0 aromatic carbocycles. The lowest BCUT2D eigenvalue weighted by Gasteiger charge is -2.13. The van der Waals surface area contributed by atoms with Crippen LogP contribution in [0.3, 0.4) is 0 Å². The minimum Gasteiger partial charge on any atom is -0.477 e. The van der Waals surface area contributed by atoms with Gasteiger partial charge >= 0.3 is 0 Å². The van der Waals surface area contributed by atoms with Crippen molar-refractivity contribution in [3.63, 3.8) is 0 Å². The zero-order valence-electron chi connectivity index (χ0n) is 10.8. The van der Waals surface area contributed by atoms with Crippen LogP contribution >= 0.6 is 15.9 Å². The van der Waals surface area contributed by atoms with Crippen LogP contribution in [-0.4, -0.2) is 17.6 Å². The smallest absolute Gasteiger partial charge is 0.217 e. The topological polar surface area (TPSA) is 34.1 Å². The molecule has 0 aliphatic rings. The number of halogens is 1. The first kappa shape index (κ1) is 14.5. The number of pyridine rings is 1. The largest absolute Gasteiger partial charge is 0.477 e. The number of rotatable bonds is 7. The zero-order chi connectivity index (χ0) is 12.7. The molecule has 0 spiro atoms. The lowest BCUT2D eigenvalue weighted by Crippen LogP contribution is -2.22. The van der Waals surface area contributed by atoms with Gasteiger partial charge in [0.15, 0.2) is 0 Å². The minimum atomic E-state index is 0.456. The Bertz CT molecular complexity index is 342. The molecule has 1 aromatic heterocycles. The summed E-state index contributed by atoms with van der Waals surface area (Å²) in [4.78, 5) is 4.32. The first-order valence-corrected chi connectivity index (χ1v) is 6.93. The molecular weight excluding hydrogens is 280 g/mol. The maximum Gasteiger partial charge on any atom is 0.217 e. The van der Waals surface area contributed by atoms with Gasteiger partial charge in [0.05, 0.1) is 6.61 Å². The van der Waals surface area contributed by atoms with E-state index in [9.17, 15) is 0 Å². The Morgan fingerprint density at radius 1 is 1.47 bits per heavy atom. The molecule has 1 heterocycles. The second kappa shape index (κ2) is 7.67. The molecule has 1 rings (SSSR count). The first-order valence-electron chi connectivity index (χ1n) is 6.14. The maximum absolute atomic E-state index is 5.69. The van der Waals surface area contributed by atoms with Gasteiger partial charge in [-0.25, -0.2) is 4.98 Å². The van der Waals surface area contributed by atoms with Gasteiger partial charge in [0.2, 0.25) is 5.88 Å². The summed E-state index contributed by atoms with van der Waals surface area (Å²) in [6.07, 6.45) is 3.98. The number of unbranched alkanes of at least 4 members (excludes halogenated alkanes) is 1. The Hall–Kier alpha value is -0.610. The Kier molecular flexibility index (Phi) is 6.52. The number of ether oxygens (including phenoxy) is 1. The molecular formula is C13H21BrN2O. The van der Waals surface area contributed by atoms with Gasteiger partial charge in [-0.3, -0.25) is 0 Å². The third-order valence-corrected chi connectivity index (χ3v) is 2.76. The van der Waals surface area contributed by atoms with Crippen molar-refractivity contribution in [2.24, 2.45) is 0 Å². The fraction of sp³-hybridized carbons (Fsp3) is 0.615. The lowest BCUT2D eigenvalue weighted by atomic mass is 10.2. The van der Waals surface area contributed by atoms with Crippen molar-refractivity contribution in [1.82, 2.24) is 10.3 Å². The Balaban J connectivity index is 2.66. The third-order valence-electron chi connectivity index (χ3n) is 2.33. The Morgan fingerprint density at radius 3 is 2.88 bits per heavy atom. The van der Waals surface area contributed by atoms with E-state index in [1.165, 1.54) is 0 Å². The summed E-state index contributed by atoms with van der Waals surface area (Å²) >= 11 is 3.44. The predicted molar refractivity (Wildman–Crippen MR) is 74.3 cm³/mol. The number of nitrogens with zero attached hydrogens (tertiary/aromatic N) is 1. The third kappa shape index (κ3) is 5.50. The average Bonchev–Trinajstić information content (AvgIpc) is 2.29. The molecule has 0 aliphatic carbocycles. The molecule has 0 fully saturated rings. The van der Waals surface area contributed by atoms with Crippen LogP contribution in [0.2, 0.25) is 0 Å². The van der Waals surface area contributed by atoms with Crippen LogP contribution in [0.4, 0.5) is 0 Å². The highest BCUT2D eigenvalue weighted by Crippen LogP contribution is 2.20. The molecule has 0 unspecified atom stereocenters. The summed E-state index contributed by atoms with van der Waals surface area (Å²) in [7, 11) is 0. The van der Waals surface area contributed by atoms with E-state index in [0.717, 1.165) is 41.9 Å². The molecule has 0 aliphatic heterocycles. The molecule has 3 nitrogen and oxygen atoms in total. The second-order valence-electron chi connectivity index (χ2n) is 4.36. The van der Waals surface area contributed by atoms with E-state index in [-0.39, 0.29) is 0 Å². The zero-order valence-corrected chi connectivity index (χ0v) is 12.4. The maximum atomic E-state index is 5.69. The fourth-order valence-corrected chi connectivity index (χ4v) is 1.73. The summed E-state index contributed by atoms with van der Waals surface area (Å²) < 4.78 is 6.68. The van der Waals surface area contributed by atoms with E-state index in [0.29, 0.717) is 6.04 Å². The molecule has 96 valence electrons. The van der Waals surface area contributed by atoms with E-state index in [1.54, 1.807) is 6.20 Å². The van der Waals surface area contributed by atoms with Gasteiger partial charge < -0.3 is 10.1 Å². The van der Waals surface area contributed by atoms with Gasteiger partial charge in [-0.2, -0.15) is 0 Å². The van der Waals surface area contributed by atoms with E-state index in [2.05, 4.69) is 53.1 Å². The quantitative estimate of drug-likeness (QED) is 0.782. The van der Waals surface area contributed by atoms with Gasteiger partial charge in [-0.15, -0.1) is 0 Å². The van der Waals surface area contributed by atoms with Crippen molar-refractivity contribution in [3.8, 4) is 5.88 Å². The van der Waals surface area contributed by atoms with Crippen molar-refractivity contribution in [2.75, 3.05) is 6.61 Å². The van der Waals surface area contributed by atoms with E-state index in [1.807, 2.05) is 0 Å². The SMILES string of the molecule is CCCCOc1ncc(Br)cc1CNC(C)C. The lowest BCUT2D eigenvalue weighted by molar-refractivity contribution is 0.293. The van der Waals surface area contributed by atoms with Crippen molar-refractivity contribution >= 4 is 15.9 Å². The van der Waals surface area contributed by atoms with Gasteiger partial charge in [0, 0.05) is 28.8 Å². The summed E-state index contributed by atoms with van der Waals surface area (Å²) in [5.41, 5.74) is 1.10. The molecule has 1 N–H and O–H groups in total. The second-order valence-corrected chi connectivity index (χ2v) is 5.27. The van der Waals surface area contributed by atoms with Crippen molar-refractivity contribution in [1.29, 1.82) is 0 Å². The standard InChI is InChI=1S/C13H21BrN2O/c1-4-5-6-17-13-11(8-15-10(2)3)7-12(14)9-16-13/h7,9-10,15H,4-6,8H2,1-3H3. The molecule has 17 heavy (non-hydrogen) atoms. The normalized spacial score (nSPS) is 10.9. The highest BCUT2D eigenvalue weighted by atomic mass is 79.9. The van der Waals surface area contributed by atoms with E-state index < -0.39 is 0 Å². The predicted octanol–water partition coefficient (Wildman–Crippen LogP) is 3.52. The van der Waals surface area contributed by atoms with Crippen LogP contribution in [0.15, 0.2) is 16.7 Å². The van der Waals surface area contributed by atoms with Crippen LogP contribution in [0.25, 0.3) is 0 Å². The summed E-state index contributed by atoms with van der Waals surface area (Å²) in [6.45, 7) is 7.93. The molecule has 1 aromatic rings. The summed E-state index contributed by atoms with van der Waals surface area (Å²) in [6, 6.07) is 2.52. The number of nitrogens with one attached hydrogen (secondary N) is 1. The minimum absolute atomic E-state index is 0.456. The van der Waals surface area contributed by atoms with E-state index in [4.69, 9.17) is 4.74 Å². The fourth-order valence-electron chi connectivity index (χ4n) is 1.35. The van der Waals surface area contributed by atoms with Gasteiger partial charge in [0.1, 0.15) is 0 Å². The highest BCUT2D eigenvalue weighted by Gasteiger charge is 2.06. The van der Waals surface area contributed by atoms with Crippen LogP contribution in [0, 0.1) is 0 Å². The van der Waals surface area contributed by atoms with Crippen LogP contribution < -0.4 is 10.1 Å². The number of hydrogen-bond donors (Lipinski definition) is 1. The van der Waals surface area contributed by atoms with Crippen LogP contribution in [0.1, 0.15) is 39.2 Å². The van der Waals surface area contributed by atoms with Gasteiger partial charge in [0.25, 0.3) is 0 Å². The van der Waals surface area contributed by atoms with Crippen LogP contribution in [0.5, 0.6) is 5.88 Å². The Morgan fingerprint density at radius 2 is 2.24 bits per heavy atom. The molecule has 0 bridgehead atoms. The van der Waals surface area contributed by atoms with Gasteiger partial charge in [-0.05, 0) is 28.4 Å². The van der Waals surface area contributed by atoms with Crippen molar-refractivity contribution in [2.45, 2.75) is 46.2 Å². The molecule has 0 radical (unpaired) electrons. The highest BCUT2D eigenvalue weighted by molar-refractivity contribution is 9.10.